The Morgan fingerprint density at radius 2 is 1.93 bits per heavy atom. The van der Waals surface area contributed by atoms with Crippen LogP contribution in [0.4, 0.5) is 5.69 Å². The fourth-order valence-electron chi connectivity index (χ4n) is 2.81. The third-order valence-electron chi connectivity index (χ3n) is 4.24. The molecule has 0 fully saturated rings. The molecule has 1 amide bonds. The molecule has 4 aromatic rings. The molecule has 0 radical (unpaired) electrons. The molecule has 29 heavy (non-hydrogen) atoms. The molecule has 0 spiro atoms. The minimum Gasteiger partial charge on any atom is -0.439 e. The van der Waals surface area contributed by atoms with Crippen molar-refractivity contribution in [3.8, 4) is 17.3 Å². The van der Waals surface area contributed by atoms with Crippen LogP contribution < -0.4 is 9.64 Å². The van der Waals surface area contributed by atoms with Gasteiger partial charge in [0, 0.05) is 25.0 Å². The second-order valence-corrected chi connectivity index (χ2v) is 6.08. The standard InChI is InChI=1S/C21H18N6O2/c1-2-26(18-4-3-11-22-13-18)21(28)16-5-10-20(24-12-16)29-19-8-6-17(7-9-19)27-15-23-14-25-27/h3-15H,2H2,1H3. The molecule has 0 aliphatic heterocycles. The molecule has 4 rings (SSSR count). The Kier molecular flexibility index (Phi) is 5.24. The summed E-state index contributed by atoms with van der Waals surface area (Å²) >= 11 is 0. The molecule has 0 N–H and O–H groups in total. The van der Waals surface area contributed by atoms with E-state index in [1.807, 2.05) is 37.3 Å². The van der Waals surface area contributed by atoms with Crippen molar-refractivity contribution in [2.24, 2.45) is 0 Å². The van der Waals surface area contributed by atoms with Crippen LogP contribution in [0.2, 0.25) is 0 Å². The number of pyridine rings is 2. The summed E-state index contributed by atoms with van der Waals surface area (Å²) in [5.41, 5.74) is 2.09. The van der Waals surface area contributed by atoms with E-state index in [9.17, 15) is 4.79 Å². The van der Waals surface area contributed by atoms with Gasteiger partial charge in [-0.25, -0.2) is 14.6 Å². The van der Waals surface area contributed by atoms with Crippen molar-refractivity contribution in [2.45, 2.75) is 6.92 Å². The van der Waals surface area contributed by atoms with E-state index in [1.54, 1.807) is 46.5 Å². The summed E-state index contributed by atoms with van der Waals surface area (Å²) in [5, 5.41) is 4.08. The number of amides is 1. The number of carbonyl (C=O) groups excluding carboxylic acids is 1. The summed E-state index contributed by atoms with van der Waals surface area (Å²) in [6.07, 6.45) is 7.95. The van der Waals surface area contributed by atoms with Gasteiger partial charge in [0.15, 0.2) is 0 Å². The summed E-state index contributed by atoms with van der Waals surface area (Å²) in [5.74, 6) is 0.891. The van der Waals surface area contributed by atoms with Crippen LogP contribution >= 0.6 is 0 Å². The molecular formula is C21H18N6O2. The highest BCUT2D eigenvalue weighted by molar-refractivity contribution is 6.05. The van der Waals surface area contributed by atoms with Crippen LogP contribution in [0.15, 0.2) is 79.8 Å². The van der Waals surface area contributed by atoms with E-state index in [2.05, 4.69) is 20.1 Å². The average molecular weight is 386 g/mol. The lowest BCUT2D eigenvalue weighted by atomic mass is 10.2. The number of hydrogen-bond donors (Lipinski definition) is 0. The van der Waals surface area contributed by atoms with Gasteiger partial charge in [-0.05, 0) is 49.4 Å². The van der Waals surface area contributed by atoms with E-state index in [0.29, 0.717) is 23.7 Å². The Morgan fingerprint density at radius 1 is 1.07 bits per heavy atom. The third kappa shape index (κ3) is 4.11. The molecule has 0 atom stereocenters. The molecular weight excluding hydrogens is 368 g/mol. The van der Waals surface area contributed by atoms with Crippen molar-refractivity contribution < 1.29 is 9.53 Å². The van der Waals surface area contributed by atoms with E-state index in [1.165, 1.54) is 12.5 Å². The predicted molar refractivity (Wildman–Crippen MR) is 107 cm³/mol. The summed E-state index contributed by atoms with van der Waals surface area (Å²) in [7, 11) is 0. The van der Waals surface area contributed by atoms with Gasteiger partial charge in [-0.1, -0.05) is 0 Å². The average Bonchev–Trinajstić information content (AvgIpc) is 3.31. The second kappa shape index (κ2) is 8.30. The van der Waals surface area contributed by atoms with Crippen molar-refractivity contribution in [2.75, 3.05) is 11.4 Å². The number of carbonyl (C=O) groups is 1. The lowest BCUT2D eigenvalue weighted by Gasteiger charge is -2.20. The van der Waals surface area contributed by atoms with E-state index in [-0.39, 0.29) is 5.91 Å². The Balaban J connectivity index is 1.45. The largest absolute Gasteiger partial charge is 0.439 e. The number of rotatable bonds is 6. The molecule has 144 valence electrons. The van der Waals surface area contributed by atoms with Crippen molar-refractivity contribution in [3.63, 3.8) is 0 Å². The number of nitrogens with zero attached hydrogens (tertiary/aromatic N) is 6. The van der Waals surface area contributed by atoms with Gasteiger partial charge in [0.25, 0.3) is 5.91 Å². The van der Waals surface area contributed by atoms with Crippen molar-refractivity contribution >= 4 is 11.6 Å². The Morgan fingerprint density at radius 3 is 2.55 bits per heavy atom. The quantitative estimate of drug-likeness (QED) is 0.504. The number of ether oxygens (including phenoxy) is 1. The van der Waals surface area contributed by atoms with Gasteiger partial charge in [-0.15, -0.1) is 0 Å². The first-order valence-electron chi connectivity index (χ1n) is 9.05. The van der Waals surface area contributed by atoms with Gasteiger partial charge in [-0.2, -0.15) is 5.10 Å². The molecule has 0 bridgehead atoms. The first kappa shape index (κ1) is 18.3. The van der Waals surface area contributed by atoms with Crippen LogP contribution in [-0.4, -0.2) is 37.2 Å². The molecule has 3 heterocycles. The molecule has 0 aliphatic carbocycles. The number of benzene rings is 1. The molecule has 1 aromatic carbocycles. The minimum atomic E-state index is -0.142. The monoisotopic (exact) mass is 386 g/mol. The van der Waals surface area contributed by atoms with Gasteiger partial charge >= 0.3 is 0 Å². The first-order chi connectivity index (χ1) is 14.2. The zero-order chi connectivity index (χ0) is 20.1. The van der Waals surface area contributed by atoms with Crippen LogP contribution in [0.3, 0.4) is 0 Å². The maximum absolute atomic E-state index is 12.8. The Labute approximate surface area is 167 Å². The van der Waals surface area contributed by atoms with Crippen LogP contribution in [0.1, 0.15) is 17.3 Å². The molecule has 0 aliphatic rings. The fourth-order valence-corrected chi connectivity index (χ4v) is 2.81. The minimum absolute atomic E-state index is 0.142. The van der Waals surface area contributed by atoms with Gasteiger partial charge in [0.2, 0.25) is 5.88 Å². The Bertz CT molecular complexity index is 1060. The zero-order valence-electron chi connectivity index (χ0n) is 15.7. The highest BCUT2D eigenvalue weighted by Gasteiger charge is 2.16. The highest BCUT2D eigenvalue weighted by atomic mass is 16.5. The van der Waals surface area contributed by atoms with Gasteiger partial charge in [-0.3, -0.25) is 9.78 Å². The van der Waals surface area contributed by atoms with E-state index in [0.717, 1.165) is 11.4 Å². The smallest absolute Gasteiger partial charge is 0.259 e. The normalized spacial score (nSPS) is 10.5. The molecule has 0 saturated heterocycles. The lowest BCUT2D eigenvalue weighted by Crippen LogP contribution is -2.30. The van der Waals surface area contributed by atoms with Crippen LogP contribution in [0, 0.1) is 0 Å². The SMILES string of the molecule is CCN(C(=O)c1ccc(Oc2ccc(-n3cncn3)cc2)nc1)c1cccnc1. The topological polar surface area (TPSA) is 86.0 Å². The van der Waals surface area contributed by atoms with Crippen molar-refractivity contribution in [3.05, 3.63) is 85.3 Å². The maximum Gasteiger partial charge on any atom is 0.259 e. The molecule has 0 unspecified atom stereocenters. The molecule has 0 saturated carbocycles. The summed E-state index contributed by atoms with van der Waals surface area (Å²) in [6.45, 7) is 2.44. The molecule has 3 aromatic heterocycles. The first-order valence-corrected chi connectivity index (χ1v) is 9.05. The van der Waals surface area contributed by atoms with Gasteiger partial charge in [0.05, 0.1) is 23.1 Å². The van der Waals surface area contributed by atoms with Gasteiger partial charge < -0.3 is 9.64 Å². The predicted octanol–water partition coefficient (Wildman–Crippen LogP) is 3.52. The van der Waals surface area contributed by atoms with E-state index < -0.39 is 0 Å². The van der Waals surface area contributed by atoms with Crippen LogP contribution in [-0.2, 0) is 0 Å². The van der Waals surface area contributed by atoms with Gasteiger partial charge in [0.1, 0.15) is 18.4 Å². The highest BCUT2D eigenvalue weighted by Crippen LogP contribution is 2.22. The number of aromatic nitrogens is 5. The lowest BCUT2D eigenvalue weighted by molar-refractivity contribution is 0.0988. The second-order valence-electron chi connectivity index (χ2n) is 6.08. The number of hydrogen-bond acceptors (Lipinski definition) is 6. The third-order valence-corrected chi connectivity index (χ3v) is 4.24. The van der Waals surface area contributed by atoms with Crippen molar-refractivity contribution in [1.82, 2.24) is 24.7 Å². The maximum atomic E-state index is 12.8. The van der Waals surface area contributed by atoms with Crippen molar-refractivity contribution in [1.29, 1.82) is 0 Å². The zero-order valence-corrected chi connectivity index (χ0v) is 15.7. The summed E-state index contributed by atoms with van der Waals surface area (Å²) in [6, 6.07) is 14.4. The molecule has 8 heteroatoms. The van der Waals surface area contributed by atoms with Crippen LogP contribution in [0.25, 0.3) is 5.69 Å². The van der Waals surface area contributed by atoms with Crippen LogP contribution in [0.5, 0.6) is 11.6 Å². The summed E-state index contributed by atoms with van der Waals surface area (Å²) < 4.78 is 7.42. The van der Waals surface area contributed by atoms with E-state index in [4.69, 9.17) is 4.74 Å². The summed E-state index contributed by atoms with van der Waals surface area (Å²) in [4.78, 5) is 26.7. The number of anilines is 1. The van der Waals surface area contributed by atoms with E-state index >= 15 is 0 Å². The molecule has 8 nitrogen and oxygen atoms in total. The Hall–Kier alpha value is -4.07. The fraction of sp³-hybridized carbons (Fsp3) is 0.0952.